The first kappa shape index (κ1) is 12.9. The zero-order valence-corrected chi connectivity index (χ0v) is 11.5. The van der Waals surface area contributed by atoms with E-state index in [1.807, 2.05) is 31.2 Å². The van der Waals surface area contributed by atoms with Gasteiger partial charge in [0, 0.05) is 36.0 Å². The molecule has 0 aliphatic carbocycles. The molecule has 0 spiro atoms. The Bertz CT molecular complexity index is 627. The minimum atomic E-state index is -0.533. The zero-order valence-electron chi connectivity index (χ0n) is 11.5. The minimum Gasteiger partial charge on any atom is -0.497 e. The predicted octanol–water partition coefficient (Wildman–Crippen LogP) is 2.96. The highest BCUT2D eigenvalue weighted by Crippen LogP contribution is 2.42. The second kappa shape index (κ2) is 5.13. The highest BCUT2D eigenvalue weighted by molar-refractivity contribution is 5.44. The molecule has 0 saturated heterocycles. The minimum absolute atomic E-state index is 0.182. The molecule has 20 heavy (non-hydrogen) atoms. The quantitative estimate of drug-likeness (QED) is 0.912. The van der Waals surface area contributed by atoms with E-state index in [1.165, 1.54) is 0 Å². The molecule has 3 rings (SSSR count). The number of benzene rings is 1. The molecule has 2 atom stereocenters. The van der Waals surface area contributed by atoms with Gasteiger partial charge in [-0.25, -0.2) is 0 Å². The van der Waals surface area contributed by atoms with Crippen molar-refractivity contribution in [3.05, 3.63) is 53.3 Å². The molecule has 1 aromatic carbocycles. The van der Waals surface area contributed by atoms with Crippen molar-refractivity contribution >= 4 is 0 Å². The lowest BCUT2D eigenvalue weighted by Gasteiger charge is -2.30. The molecular formula is C16H17NO3. The molecule has 0 saturated carbocycles. The summed E-state index contributed by atoms with van der Waals surface area (Å²) in [6.07, 6.45) is 3.38. The average molecular weight is 271 g/mol. The van der Waals surface area contributed by atoms with Crippen LogP contribution in [0.2, 0.25) is 0 Å². The van der Waals surface area contributed by atoms with E-state index in [1.54, 1.807) is 19.5 Å². The van der Waals surface area contributed by atoms with E-state index in [-0.39, 0.29) is 6.10 Å². The third kappa shape index (κ3) is 2.23. The average Bonchev–Trinajstić information content (AvgIpc) is 2.47. The number of nitrogens with zero attached hydrogens (tertiary/aromatic N) is 1. The third-order valence-electron chi connectivity index (χ3n) is 3.71. The fourth-order valence-corrected chi connectivity index (χ4v) is 2.55. The first-order valence-electron chi connectivity index (χ1n) is 6.62. The maximum Gasteiger partial charge on any atom is 0.129 e. The first-order valence-corrected chi connectivity index (χ1v) is 6.62. The molecule has 4 nitrogen and oxygen atoms in total. The predicted molar refractivity (Wildman–Crippen MR) is 74.9 cm³/mol. The number of aliphatic hydroxyl groups is 1. The van der Waals surface area contributed by atoms with Crippen LogP contribution < -0.4 is 9.47 Å². The second-order valence-corrected chi connectivity index (χ2v) is 4.99. The van der Waals surface area contributed by atoms with Gasteiger partial charge >= 0.3 is 0 Å². The molecule has 1 aromatic heterocycles. The molecule has 0 fully saturated rings. The summed E-state index contributed by atoms with van der Waals surface area (Å²) < 4.78 is 11.2. The Labute approximate surface area is 118 Å². The van der Waals surface area contributed by atoms with Gasteiger partial charge in [0.05, 0.1) is 13.2 Å². The summed E-state index contributed by atoms with van der Waals surface area (Å²) in [5, 5.41) is 10.3. The smallest absolute Gasteiger partial charge is 0.129 e. The van der Waals surface area contributed by atoms with Gasteiger partial charge in [0.25, 0.3) is 0 Å². The van der Waals surface area contributed by atoms with Crippen LogP contribution in [0.1, 0.15) is 35.3 Å². The second-order valence-electron chi connectivity index (χ2n) is 4.99. The SMILES string of the molecule is COc1ccc2c(c1)OC(c1cnccc1C)CC2O. The first-order chi connectivity index (χ1) is 9.69. The Morgan fingerprint density at radius 1 is 1.30 bits per heavy atom. The van der Waals surface area contributed by atoms with E-state index in [0.29, 0.717) is 12.2 Å². The monoisotopic (exact) mass is 271 g/mol. The summed E-state index contributed by atoms with van der Waals surface area (Å²) in [6, 6.07) is 7.45. The lowest BCUT2D eigenvalue weighted by molar-refractivity contribution is 0.0650. The zero-order chi connectivity index (χ0) is 14.1. The van der Waals surface area contributed by atoms with Gasteiger partial charge in [-0.05, 0) is 30.7 Å². The van der Waals surface area contributed by atoms with E-state index in [0.717, 1.165) is 22.4 Å². The summed E-state index contributed by atoms with van der Waals surface area (Å²) in [5.41, 5.74) is 2.94. The Morgan fingerprint density at radius 3 is 2.90 bits per heavy atom. The van der Waals surface area contributed by atoms with Gasteiger partial charge in [0.2, 0.25) is 0 Å². The number of rotatable bonds is 2. The van der Waals surface area contributed by atoms with Crippen molar-refractivity contribution in [1.29, 1.82) is 0 Å². The molecule has 4 heteroatoms. The van der Waals surface area contributed by atoms with Crippen molar-refractivity contribution < 1.29 is 14.6 Å². The molecule has 1 aliphatic rings. The number of aliphatic hydroxyl groups excluding tert-OH is 1. The van der Waals surface area contributed by atoms with Crippen LogP contribution in [0.25, 0.3) is 0 Å². The number of ether oxygens (including phenoxy) is 2. The van der Waals surface area contributed by atoms with E-state index in [2.05, 4.69) is 4.98 Å². The highest BCUT2D eigenvalue weighted by atomic mass is 16.5. The van der Waals surface area contributed by atoms with Gasteiger partial charge in [-0.3, -0.25) is 4.98 Å². The van der Waals surface area contributed by atoms with Crippen molar-refractivity contribution in [1.82, 2.24) is 4.98 Å². The molecule has 2 unspecified atom stereocenters. The largest absolute Gasteiger partial charge is 0.497 e. The molecule has 1 N–H and O–H groups in total. The van der Waals surface area contributed by atoms with Crippen LogP contribution in [-0.2, 0) is 0 Å². The van der Waals surface area contributed by atoms with Crippen LogP contribution in [0.15, 0.2) is 36.7 Å². The van der Waals surface area contributed by atoms with Crippen molar-refractivity contribution in [3.63, 3.8) is 0 Å². The number of pyridine rings is 1. The van der Waals surface area contributed by atoms with Crippen molar-refractivity contribution in [3.8, 4) is 11.5 Å². The molecule has 2 aromatic rings. The van der Waals surface area contributed by atoms with E-state index < -0.39 is 6.10 Å². The summed E-state index contributed by atoms with van der Waals surface area (Å²) in [4.78, 5) is 4.15. The molecular weight excluding hydrogens is 254 g/mol. The summed E-state index contributed by atoms with van der Waals surface area (Å²) in [5.74, 6) is 1.40. The summed E-state index contributed by atoms with van der Waals surface area (Å²) >= 11 is 0. The van der Waals surface area contributed by atoms with E-state index >= 15 is 0 Å². The maximum absolute atomic E-state index is 10.3. The van der Waals surface area contributed by atoms with Crippen LogP contribution in [0.4, 0.5) is 0 Å². The van der Waals surface area contributed by atoms with Gasteiger partial charge in [0.15, 0.2) is 0 Å². The van der Waals surface area contributed by atoms with Crippen LogP contribution >= 0.6 is 0 Å². The highest BCUT2D eigenvalue weighted by Gasteiger charge is 2.29. The number of aromatic nitrogens is 1. The topological polar surface area (TPSA) is 51.6 Å². The normalized spacial score (nSPS) is 20.9. The fraction of sp³-hybridized carbons (Fsp3) is 0.312. The van der Waals surface area contributed by atoms with Gasteiger partial charge in [0.1, 0.15) is 17.6 Å². The lowest BCUT2D eigenvalue weighted by atomic mass is 9.94. The Balaban J connectivity index is 1.97. The third-order valence-corrected chi connectivity index (χ3v) is 3.71. The summed E-state index contributed by atoms with van der Waals surface area (Å²) in [6.45, 7) is 2.02. The maximum atomic E-state index is 10.3. The van der Waals surface area contributed by atoms with E-state index in [4.69, 9.17) is 9.47 Å². The van der Waals surface area contributed by atoms with Gasteiger partial charge in [-0.15, -0.1) is 0 Å². The number of methoxy groups -OCH3 is 1. The lowest BCUT2D eigenvalue weighted by Crippen LogP contribution is -2.20. The standard InChI is InChI=1S/C16H17NO3/c1-10-5-6-17-9-13(10)16-8-14(18)12-4-3-11(19-2)7-15(12)20-16/h3-7,9,14,16,18H,8H2,1-2H3. The number of hydrogen-bond donors (Lipinski definition) is 1. The molecule has 0 radical (unpaired) electrons. The molecule has 104 valence electrons. The van der Waals surface area contributed by atoms with Crippen LogP contribution in [0.3, 0.4) is 0 Å². The molecule has 1 aliphatic heterocycles. The van der Waals surface area contributed by atoms with Crippen LogP contribution in [0.5, 0.6) is 11.5 Å². The molecule has 2 heterocycles. The van der Waals surface area contributed by atoms with Crippen LogP contribution in [-0.4, -0.2) is 17.2 Å². The van der Waals surface area contributed by atoms with Gasteiger partial charge in [-0.1, -0.05) is 0 Å². The number of aryl methyl sites for hydroxylation is 1. The van der Waals surface area contributed by atoms with Crippen molar-refractivity contribution in [2.24, 2.45) is 0 Å². The van der Waals surface area contributed by atoms with E-state index in [9.17, 15) is 5.11 Å². The van der Waals surface area contributed by atoms with Crippen LogP contribution in [0, 0.1) is 6.92 Å². The molecule has 0 amide bonds. The Morgan fingerprint density at radius 2 is 2.15 bits per heavy atom. The Hall–Kier alpha value is -2.07. The molecule has 0 bridgehead atoms. The van der Waals surface area contributed by atoms with Crippen molar-refractivity contribution in [2.45, 2.75) is 25.6 Å². The Kier molecular flexibility index (Phi) is 3.32. The summed E-state index contributed by atoms with van der Waals surface area (Å²) in [7, 11) is 1.61. The van der Waals surface area contributed by atoms with Crippen molar-refractivity contribution in [2.75, 3.05) is 7.11 Å². The number of fused-ring (bicyclic) bond motifs is 1. The van der Waals surface area contributed by atoms with Gasteiger partial charge < -0.3 is 14.6 Å². The van der Waals surface area contributed by atoms with Gasteiger partial charge in [-0.2, -0.15) is 0 Å². The fourth-order valence-electron chi connectivity index (χ4n) is 2.55. The number of hydrogen-bond acceptors (Lipinski definition) is 4.